The number of halogens is 1. The summed E-state index contributed by atoms with van der Waals surface area (Å²) < 4.78 is 5.65. The van der Waals surface area contributed by atoms with Crippen LogP contribution in [0.2, 0.25) is 0 Å². The first-order chi connectivity index (χ1) is 14.3. The molecular weight excluding hydrogens is 392 g/mol. The van der Waals surface area contributed by atoms with Gasteiger partial charge in [-0.2, -0.15) is 0 Å². The van der Waals surface area contributed by atoms with Crippen molar-refractivity contribution in [2.24, 2.45) is 0 Å². The van der Waals surface area contributed by atoms with E-state index in [-0.39, 0.29) is 12.4 Å². The highest BCUT2D eigenvalue weighted by Gasteiger charge is 2.29. The minimum atomic E-state index is 0. The maximum absolute atomic E-state index is 5.65. The van der Waals surface area contributed by atoms with Crippen LogP contribution in [0.5, 0.6) is 5.75 Å². The molecule has 1 atom stereocenters. The molecule has 1 aliphatic carbocycles. The van der Waals surface area contributed by atoms with E-state index in [0.717, 1.165) is 31.3 Å². The Morgan fingerprint density at radius 3 is 2.13 bits per heavy atom. The quantitative estimate of drug-likeness (QED) is 0.545. The van der Waals surface area contributed by atoms with E-state index in [1.165, 1.54) is 62.7 Å². The lowest BCUT2D eigenvalue weighted by Crippen LogP contribution is -2.51. The first kappa shape index (κ1) is 23.1. The molecule has 2 fully saturated rings. The zero-order chi connectivity index (χ0) is 19.9. The lowest BCUT2D eigenvalue weighted by Gasteiger charge is -2.42. The van der Waals surface area contributed by atoms with Crippen molar-refractivity contribution in [3.8, 4) is 5.75 Å². The Morgan fingerprint density at radius 2 is 1.47 bits per heavy atom. The fraction of sp³-hybridized carbons (Fsp3) is 0.538. The minimum Gasteiger partial charge on any atom is -0.496 e. The highest BCUT2D eigenvalue weighted by atomic mass is 35.5. The molecule has 2 aromatic carbocycles. The predicted octanol–water partition coefficient (Wildman–Crippen LogP) is 5.74. The van der Waals surface area contributed by atoms with E-state index < -0.39 is 0 Å². The first-order valence-corrected chi connectivity index (χ1v) is 11.5. The molecule has 0 aromatic heterocycles. The maximum atomic E-state index is 5.65. The van der Waals surface area contributed by atoms with Gasteiger partial charge in [0, 0.05) is 38.3 Å². The van der Waals surface area contributed by atoms with Crippen LogP contribution in [0.15, 0.2) is 54.6 Å². The van der Waals surface area contributed by atoms with Gasteiger partial charge in [-0.3, -0.25) is 9.80 Å². The molecule has 2 aliphatic rings. The SMILES string of the molecule is COc1ccccc1CC(c1ccccc1)N1CCN(C2CCCCCC2)CC1.Cl. The molecule has 4 heteroatoms. The summed E-state index contributed by atoms with van der Waals surface area (Å²) in [4.78, 5) is 5.49. The molecule has 0 bridgehead atoms. The second-order valence-corrected chi connectivity index (χ2v) is 8.66. The summed E-state index contributed by atoms with van der Waals surface area (Å²) in [7, 11) is 1.78. The summed E-state index contributed by atoms with van der Waals surface area (Å²) in [5.74, 6) is 1.01. The van der Waals surface area contributed by atoms with E-state index >= 15 is 0 Å². The molecule has 0 radical (unpaired) electrons. The number of hydrogen-bond acceptors (Lipinski definition) is 3. The van der Waals surface area contributed by atoms with Crippen LogP contribution in [-0.4, -0.2) is 49.1 Å². The monoisotopic (exact) mass is 428 g/mol. The van der Waals surface area contributed by atoms with Gasteiger partial charge in [-0.05, 0) is 36.5 Å². The molecule has 0 amide bonds. The molecule has 164 valence electrons. The molecule has 1 aliphatic heterocycles. The Kier molecular flexibility index (Phi) is 9.05. The van der Waals surface area contributed by atoms with Crippen molar-refractivity contribution in [1.82, 2.24) is 9.80 Å². The van der Waals surface area contributed by atoms with Crippen molar-refractivity contribution in [2.45, 2.75) is 57.0 Å². The van der Waals surface area contributed by atoms with Crippen LogP contribution in [0.3, 0.4) is 0 Å². The third-order valence-corrected chi connectivity index (χ3v) is 6.92. The molecule has 1 heterocycles. The van der Waals surface area contributed by atoms with Crippen molar-refractivity contribution < 1.29 is 4.74 Å². The predicted molar refractivity (Wildman–Crippen MR) is 128 cm³/mol. The van der Waals surface area contributed by atoms with E-state index in [1.807, 2.05) is 0 Å². The van der Waals surface area contributed by atoms with E-state index in [4.69, 9.17) is 4.74 Å². The molecule has 0 N–H and O–H groups in total. The number of para-hydroxylation sites is 1. The highest BCUT2D eigenvalue weighted by Crippen LogP contribution is 2.31. The van der Waals surface area contributed by atoms with Gasteiger partial charge in [-0.25, -0.2) is 0 Å². The standard InChI is InChI=1S/C26H36N2O.ClH/c1-29-26-16-10-9-13-23(26)21-25(22-11-5-4-6-12-22)28-19-17-27(18-20-28)24-14-7-2-3-8-15-24;/h4-6,9-13,16,24-25H,2-3,7-8,14-15,17-21H2,1H3;1H. The van der Waals surface area contributed by atoms with Crippen LogP contribution in [0.4, 0.5) is 0 Å². The van der Waals surface area contributed by atoms with Crippen LogP contribution < -0.4 is 4.74 Å². The molecule has 0 spiro atoms. The van der Waals surface area contributed by atoms with E-state index in [2.05, 4.69) is 64.4 Å². The van der Waals surface area contributed by atoms with Crippen LogP contribution in [0, 0.1) is 0 Å². The van der Waals surface area contributed by atoms with Crippen LogP contribution in [-0.2, 0) is 6.42 Å². The average Bonchev–Trinajstić information content (AvgIpc) is 3.08. The molecule has 1 saturated carbocycles. The van der Waals surface area contributed by atoms with Gasteiger partial charge in [0.2, 0.25) is 0 Å². The van der Waals surface area contributed by atoms with Crippen molar-refractivity contribution in [1.29, 1.82) is 0 Å². The Balaban J connectivity index is 0.00000256. The van der Waals surface area contributed by atoms with E-state index in [0.29, 0.717) is 6.04 Å². The molecule has 1 unspecified atom stereocenters. The number of methoxy groups -OCH3 is 1. The topological polar surface area (TPSA) is 15.7 Å². The third kappa shape index (κ3) is 5.78. The van der Waals surface area contributed by atoms with Crippen molar-refractivity contribution >= 4 is 12.4 Å². The highest BCUT2D eigenvalue weighted by molar-refractivity contribution is 5.85. The number of piperazine rings is 1. The fourth-order valence-electron chi connectivity index (χ4n) is 5.25. The Hall–Kier alpha value is -1.55. The second-order valence-electron chi connectivity index (χ2n) is 8.66. The average molecular weight is 429 g/mol. The Labute approximate surface area is 188 Å². The summed E-state index contributed by atoms with van der Waals surface area (Å²) in [6, 6.07) is 20.8. The van der Waals surface area contributed by atoms with Gasteiger partial charge in [0.1, 0.15) is 5.75 Å². The lowest BCUT2D eigenvalue weighted by atomic mass is 9.95. The molecule has 30 heavy (non-hydrogen) atoms. The van der Waals surface area contributed by atoms with Gasteiger partial charge in [0.25, 0.3) is 0 Å². The summed E-state index contributed by atoms with van der Waals surface area (Å²) >= 11 is 0. The molecule has 4 rings (SSSR count). The van der Waals surface area contributed by atoms with Crippen molar-refractivity contribution in [3.05, 3.63) is 65.7 Å². The summed E-state index contributed by atoms with van der Waals surface area (Å²) in [5.41, 5.74) is 2.72. The van der Waals surface area contributed by atoms with Gasteiger partial charge in [-0.15, -0.1) is 12.4 Å². The zero-order valence-corrected chi connectivity index (χ0v) is 19.2. The number of benzene rings is 2. The number of hydrogen-bond donors (Lipinski definition) is 0. The molecule has 3 nitrogen and oxygen atoms in total. The Bertz CT molecular complexity index is 738. The molecule has 2 aromatic rings. The van der Waals surface area contributed by atoms with Crippen LogP contribution >= 0.6 is 12.4 Å². The van der Waals surface area contributed by atoms with Gasteiger partial charge in [0.15, 0.2) is 0 Å². The van der Waals surface area contributed by atoms with E-state index in [9.17, 15) is 0 Å². The van der Waals surface area contributed by atoms with Crippen molar-refractivity contribution in [3.63, 3.8) is 0 Å². The molecular formula is C26H37ClN2O. The number of ether oxygens (including phenoxy) is 1. The minimum absolute atomic E-state index is 0. The lowest BCUT2D eigenvalue weighted by molar-refractivity contribution is 0.0631. The zero-order valence-electron chi connectivity index (χ0n) is 18.3. The van der Waals surface area contributed by atoms with Crippen molar-refractivity contribution in [2.75, 3.05) is 33.3 Å². The maximum Gasteiger partial charge on any atom is 0.122 e. The van der Waals surface area contributed by atoms with Crippen LogP contribution in [0.1, 0.15) is 55.7 Å². The number of nitrogens with zero attached hydrogens (tertiary/aromatic N) is 2. The fourth-order valence-corrected chi connectivity index (χ4v) is 5.25. The summed E-state index contributed by atoms with van der Waals surface area (Å²) in [5, 5.41) is 0. The number of rotatable bonds is 6. The van der Waals surface area contributed by atoms with Gasteiger partial charge >= 0.3 is 0 Å². The van der Waals surface area contributed by atoms with Gasteiger partial charge < -0.3 is 4.74 Å². The van der Waals surface area contributed by atoms with Gasteiger partial charge in [0.05, 0.1) is 7.11 Å². The van der Waals surface area contributed by atoms with E-state index in [1.54, 1.807) is 7.11 Å². The summed E-state index contributed by atoms with van der Waals surface area (Å²) in [6.07, 6.45) is 9.53. The van der Waals surface area contributed by atoms with Crippen LogP contribution in [0.25, 0.3) is 0 Å². The van der Waals surface area contributed by atoms with Gasteiger partial charge in [-0.1, -0.05) is 74.2 Å². The summed E-state index contributed by atoms with van der Waals surface area (Å²) in [6.45, 7) is 4.73. The second kappa shape index (κ2) is 11.7. The molecule has 1 saturated heterocycles. The normalized spacial score (nSPS) is 20.2. The Morgan fingerprint density at radius 1 is 0.833 bits per heavy atom. The smallest absolute Gasteiger partial charge is 0.122 e. The first-order valence-electron chi connectivity index (χ1n) is 11.5. The third-order valence-electron chi connectivity index (χ3n) is 6.92. The largest absolute Gasteiger partial charge is 0.496 e.